The zero-order chi connectivity index (χ0) is 21.1. The molecule has 0 unspecified atom stereocenters. The van der Waals surface area contributed by atoms with Crippen LogP contribution in [0.15, 0.2) is 48.0 Å². The second-order valence-electron chi connectivity index (χ2n) is 6.47. The maximum Gasteiger partial charge on any atom is 0.295 e. The van der Waals surface area contributed by atoms with Gasteiger partial charge in [0.25, 0.3) is 11.7 Å². The van der Waals surface area contributed by atoms with Crippen molar-refractivity contribution in [3.63, 3.8) is 0 Å². The number of carbonyl (C=O) groups is 2. The van der Waals surface area contributed by atoms with E-state index < -0.39 is 29.3 Å². The Morgan fingerprint density at radius 2 is 2.00 bits per heavy atom. The highest BCUT2D eigenvalue weighted by Crippen LogP contribution is 2.40. The number of carbonyl (C=O) groups excluding carboxylic acids is 2. The van der Waals surface area contributed by atoms with Crippen molar-refractivity contribution in [2.45, 2.75) is 12.5 Å². The van der Waals surface area contributed by atoms with Crippen LogP contribution < -0.4 is 4.74 Å². The van der Waals surface area contributed by atoms with Crippen LogP contribution in [0.3, 0.4) is 0 Å². The molecule has 1 aliphatic heterocycles. The molecule has 1 amide bonds. The molecule has 29 heavy (non-hydrogen) atoms. The van der Waals surface area contributed by atoms with Gasteiger partial charge in [-0.05, 0) is 42.3 Å². The first-order chi connectivity index (χ1) is 13.9. The van der Waals surface area contributed by atoms with Crippen LogP contribution in [0, 0.1) is 5.82 Å². The van der Waals surface area contributed by atoms with Crippen molar-refractivity contribution < 1.29 is 28.9 Å². The number of amides is 1. The summed E-state index contributed by atoms with van der Waals surface area (Å²) in [5, 5.41) is 20.4. The van der Waals surface area contributed by atoms with Gasteiger partial charge < -0.3 is 19.8 Å². The summed E-state index contributed by atoms with van der Waals surface area (Å²) in [5.41, 5.74) is 0.389. The van der Waals surface area contributed by atoms with Gasteiger partial charge in [0, 0.05) is 23.7 Å². The van der Waals surface area contributed by atoms with Gasteiger partial charge in [0.05, 0.1) is 18.7 Å². The van der Waals surface area contributed by atoms with E-state index in [1.807, 2.05) is 0 Å². The van der Waals surface area contributed by atoms with Gasteiger partial charge in [-0.1, -0.05) is 23.7 Å². The lowest BCUT2D eigenvalue weighted by Crippen LogP contribution is -2.31. The van der Waals surface area contributed by atoms with Gasteiger partial charge in [-0.2, -0.15) is 0 Å². The molecule has 0 saturated carbocycles. The molecular formula is C21H19ClFNO5. The van der Waals surface area contributed by atoms with Crippen molar-refractivity contribution in [2.24, 2.45) is 0 Å². The Bertz CT molecular complexity index is 991. The molecule has 6 nitrogen and oxygen atoms in total. The van der Waals surface area contributed by atoms with E-state index in [0.29, 0.717) is 10.6 Å². The highest BCUT2D eigenvalue weighted by atomic mass is 35.5. The number of hydrogen-bond acceptors (Lipinski definition) is 5. The molecule has 1 heterocycles. The van der Waals surface area contributed by atoms with E-state index in [1.54, 1.807) is 24.3 Å². The van der Waals surface area contributed by atoms with E-state index in [1.165, 1.54) is 24.1 Å². The van der Waals surface area contributed by atoms with Crippen molar-refractivity contribution in [1.29, 1.82) is 0 Å². The van der Waals surface area contributed by atoms with Gasteiger partial charge in [0.15, 0.2) is 11.6 Å². The molecule has 1 saturated heterocycles. The largest absolute Gasteiger partial charge is 0.507 e. The Morgan fingerprint density at radius 1 is 1.24 bits per heavy atom. The van der Waals surface area contributed by atoms with E-state index in [4.69, 9.17) is 21.4 Å². The summed E-state index contributed by atoms with van der Waals surface area (Å²) in [6, 6.07) is 9.41. The number of Topliss-reactive ketones (excluding diaryl/α,β-unsaturated/α-hetero) is 1. The molecule has 3 rings (SSSR count). The van der Waals surface area contributed by atoms with Crippen LogP contribution in [0.5, 0.6) is 5.75 Å². The minimum Gasteiger partial charge on any atom is -0.507 e. The lowest BCUT2D eigenvalue weighted by molar-refractivity contribution is -0.140. The number of rotatable bonds is 6. The number of methoxy groups -OCH3 is 1. The van der Waals surface area contributed by atoms with Crippen molar-refractivity contribution in [2.75, 3.05) is 20.3 Å². The summed E-state index contributed by atoms with van der Waals surface area (Å²) in [6.45, 7) is -0.0685. The number of ketones is 1. The summed E-state index contributed by atoms with van der Waals surface area (Å²) >= 11 is 6.08. The highest BCUT2D eigenvalue weighted by Gasteiger charge is 2.45. The van der Waals surface area contributed by atoms with Gasteiger partial charge >= 0.3 is 0 Å². The summed E-state index contributed by atoms with van der Waals surface area (Å²) in [7, 11) is 1.31. The Labute approximate surface area is 171 Å². The lowest BCUT2D eigenvalue weighted by atomic mass is 9.95. The molecule has 2 N–H and O–H groups in total. The first-order valence-corrected chi connectivity index (χ1v) is 9.25. The molecule has 0 aliphatic carbocycles. The average Bonchev–Trinajstić information content (AvgIpc) is 2.96. The normalized spacial score (nSPS) is 18.3. The zero-order valence-corrected chi connectivity index (χ0v) is 16.3. The molecular weight excluding hydrogens is 401 g/mol. The van der Waals surface area contributed by atoms with Crippen LogP contribution in [0.25, 0.3) is 5.76 Å². The monoisotopic (exact) mass is 419 g/mol. The van der Waals surface area contributed by atoms with Gasteiger partial charge in [0.1, 0.15) is 5.76 Å². The van der Waals surface area contributed by atoms with Crippen LogP contribution in [-0.4, -0.2) is 47.1 Å². The number of aliphatic hydroxyl groups is 2. The number of benzene rings is 2. The van der Waals surface area contributed by atoms with Gasteiger partial charge in [-0.25, -0.2) is 4.39 Å². The fraction of sp³-hybridized carbons (Fsp3) is 0.238. The minimum atomic E-state index is -0.912. The SMILES string of the molecule is COc1ccc(C(O)=C2C(=O)C(=O)N(CCCO)[C@@H]2c2cccc(Cl)c2)cc1F. The molecule has 8 heteroatoms. The predicted octanol–water partition coefficient (Wildman–Crippen LogP) is 3.29. The molecule has 1 fully saturated rings. The Balaban J connectivity index is 2.17. The van der Waals surface area contributed by atoms with Crippen LogP contribution >= 0.6 is 11.6 Å². The first kappa shape index (κ1) is 20.8. The number of nitrogens with zero attached hydrogens (tertiary/aromatic N) is 1. The number of halogens is 2. The maximum atomic E-state index is 14.1. The molecule has 0 aromatic heterocycles. The van der Waals surface area contributed by atoms with E-state index in [-0.39, 0.29) is 36.5 Å². The highest BCUT2D eigenvalue weighted by molar-refractivity contribution is 6.46. The molecule has 152 valence electrons. The number of hydrogen-bond donors (Lipinski definition) is 2. The van der Waals surface area contributed by atoms with Crippen molar-refractivity contribution in [3.8, 4) is 5.75 Å². The standard InChI is InChI=1S/C21H19ClFNO5/c1-29-16-7-6-13(11-15(16)23)19(26)17-18(12-4-2-5-14(22)10-12)24(8-3-9-25)21(28)20(17)27/h2,4-7,10-11,18,25-26H,3,8-9H2,1H3/t18-/m1/s1. The van der Waals surface area contributed by atoms with Crippen LogP contribution in [0.1, 0.15) is 23.6 Å². The second kappa shape index (κ2) is 8.63. The average molecular weight is 420 g/mol. The fourth-order valence-corrected chi connectivity index (χ4v) is 3.54. The minimum absolute atomic E-state index is 0.0173. The molecule has 1 atom stereocenters. The van der Waals surface area contributed by atoms with Crippen LogP contribution in [0.4, 0.5) is 4.39 Å². The summed E-state index contributed by atoms with van der Waals surface area (Å²) in [6.07, 6.45) is 0.251. The van der Waals surface area contributed by atoms with Crippen molar-refractivity contribution in [1.82, 2.24) is 4.90 Å². The zero-order valence-electron chi connectivity index (χ0n) is 15.6. The van der Waals surface area contributed by atoms with Gasteiger partial charge in [-0.3, -0.25) is 9.59 Å². The smallest absolute Gasteiger partial charge is 0.295 e. The molecule has 0 radical (unpaired) electrons. The van der Waals surface area contributed by atoms with E-state index in [0.717, 1.165) is 6.07 Å². The quantitative estimate of drug-likeness (QED) is 0.426. The van der Waals surface area contributed by atoms with Crippen LogP contribution in [0.2, 0.25) is 5.02 Å². The van der Waals surface area contributed by atoms with Crippen LogP contribution in [-0.2, 0) is 9.59 Å². The molecule has 2 aromatic carbocycles. The first-order valence-electron chi connectivity index (χ1n) is 8.87. The molecule has 2 aromatic rings. The fourth-order valence-electron chi connectivity index (χ4n) is 3.34. The van der Waals surface area contributed by atoms with Gasteiger partial charge in [0.2, 0.25) is 0 Å². The number of ether oxygens (including phenoxy) is 1. The Kier molecular flexibility index (Phi) is 6.20. The predicted molar refractivity (Wildman–Crippen MR) is 105 cm³/mol. The second-order valence-corrected chi connectivity index (χ2v) is 6.91. The topological polar surface area (TPSA) is 87.1 Å². The third-order valence-electron chi connectivity index (χ3n) is 4.69. The van der Waals surface area contributed by atoms with E-state index >= 15 is 0 Å². The lowest BCUT2D eigenvalue weighted by Gasteiger charge is -2.25. The van der Waals surface area contributed by atoms with Crippen molar-refractivity contribution >= 4 is 29.1 Å². The molecule has 0 spiro atoms. The molecule has 1 aliphatic rings. The Hall–Kier alpha value is -2.90. The molecule has 0 bridgehead atoms. The van der Waals surface area contributed by atoms with Crippen molar-refractivity contribution in [3.05, 3.63) is 70.0 Å². The maximum absolute atomic E-state index is 14.1. The summed E-state index contributed by atoms with van der Waals surface area (Å²) in [4.78, 5) is 26.6. The summed E-state index contributed by atoms with van der Waals surface area (Å²) in [5.74, 6) is -2.93. The number of aliphatic hydroxyl groups excluding tert-OH is 2. The number of likely N-dealkylation sites (tertiary alicyclic amines) is 1. The Morgan fingerprint density at radius 3 is 2.62 bits per heavy atom. The van der Waals surface area contributed by atoms with E-state index in [9.17, 15) is 19.1 Å². The third-order valence-corrected chi connectivity index (χ3v) is 4.92. The van der Waals surface area contributed by atoms with E-state index in [2.05, 4.69) is 0 Å². The summed E-state index contributed by atoms with van der Waals surface area (Å²) < 4.78 is 19.0. The third kappa shape index (κ3) is 3.97. The van der Waals surface area contributed by atoms with Gasteiger partial charge in [-0.15, -0.1) is 0 Å².